The molecular weight excluding hydrogens is 400 g/mol. The van der Waals surface area contributed by atoms with Crippen LogP contribution in [0.1, 0.15) is 54.7 Å². The summed E-state index contributed by atoms with van der Waals surface area (Å²) in [4.78, 5) is 24.6. The maximum absolute atomic E-state index is 12.8. The number of hydrogen-bond acceptors (Lipinski definition) is 4. The van der Waals surface area contributed by atoms with Crippen LogP contribution in [0, 0.1) is 0 Å². The van der Waals surface area contributed by atoms with E-state index < -0.39 is 0 Å². The standard InChI is InChI=1S/C25H28N6O/c1-17(2)31-16-26-24-22(31)13-21(28-23(24)20-14-27-29(3)15-20)18-9-11-30(12-10-18)25(32)19-7-5-4-6-8-19/h4-8,13-18H,9-12H2,1-3H3. The number of amides is 1. The fourth-order valence-corrected chi connectivity index (χ4v) is 4.56. The third-order valence-electron chi connectivity index (χ3n) is 6.34. The molecule has 7 nitrogen and oxygen atoms in total. The lowest BCUT2D eigenvalue weighted by molar-refractivity contribution is 0.0712. The van der Waals surface area contributed by atoms with Crippen LogP contribution < -0.4 is 0 Å². The highest BCUT2D eigenvalue weighted by molar-refractivity contribution is 5.94. The Morgan fingerprint density at radius 1 is 1.12 bits per heavy atom. The number of aryl methyl sites for hydroxylation is 1. The number of pyridine rings is 1. The maximum Gasteiger partial charge on any atom is 0.253 e. The van der Waals surface area contributed by atoms with Gasteiger partial charge in [-0.1, -0.05) is 18.2 Å². The number of carbonyl (C=O) groups is 1. The molecule has 0 aliphatic carbocycles. The number of likely N-dealkylation sites (tertiary alicyclic amines) is 1. The minimum Gasteiger partial charge on any atom is -0.339 e. The number of fused-ring (bicyclic) bond motifs is 1. The first-order valence-corrected chi connectivity index (χ1v) is 11.2. The van der Waals surface area contributed by atoms with Crippen molar-refractivity contribution in [3.63, 3.8) is 0 Å². The fraction of sp³-hybridized carbons (Fsp3) is 0.360. The van der Waals surface area contributed by atoms with Gasteiger partial charge in [-0.15, -0.1) is 0 Å². The molecule has 5 rings (SSSR count). The third-order valence-corrected chi connectivity index (χ3v) is 6.34. The monoisotopic (exact) mass is 428 g/mol. The summed E-state index contributed by atoms with van der Waals surface area (Å²) in [6, 6.07) is 12.0. The predicted octanol–water partition coefficient (Wildman–Crippen LogP) is 4.43. The number of carbonyl (C=O) groups excluding carboxylic acids is 1. The van der Waals surface area contributed by atoms with Gasteiger partial charge in [0.05, 0.1) is 18.0 Å². The predicted molar refractivity (Wildman–Crippen MR) is 124 cm³/mol. The lowest BCUT2D eigenvalue weighted by Gasteiger charge is -2.32. The SMILES string of the molecule is CC(C)n1cnc2c(-c3cnn(C)c3)nc(C3CCN(C(=O)c4ccccc4)CC3)cc21. The van der Waals surface area contributed by atoms with Gasteiger partial charge >= 0.3 is 0 Å². The highest BCUT2D eigenvalue weighted by atomic mass is 16.2. The van der Waals surface area contributed by atoms with Gasteiger partial charge in [0.25, 0.3) is 5.91 Å². The number of piperidine rings is 1. The Kier molecular flexibility index (Phi) is 5.25. The van der Waals surface area contributed by atoms with Crippen LogP contribution in [0.15, 0.2) is 55.1 Å². The summed E-state index contributed by atoms with van der Waals surface area (Å²) < 4.78 is 4.00. The van der Waals surface area contributed by atoms with E-state index >= 15 is 0 Å². The zero-order valence-electron chi connectivity index (χ0n) is 18.8. The smallest absolute Gasteiger partial charge is 0.253 e. The van der Waals surface area contributed by atoms with Gasteiger partial charge in [-0.05, 0) is 44.9 Å². The minimum atomic E-state index is 0.112. The Morgan fingerprint density at radius 2 is 1.88 bits per heavy atom. The average Bonchev–Trinajstić information content (AvgIpc) is 3.45. The first-order valence-electron chi connectivity index (χ1n) is 11.2. The molecule has 4 aromatic rings. The van der Waals surface area contributed by atoms with Gasteiger partial charge in [0, 0.05) is 55.1 Å². The summed E-state index contributed by atoms with van der Waals surface area (Å²) in [6.45, 7) is 5.81. The molecule has 164 valence electrons. The van der Waals surface area contributed by atoms with E-state index in [0.717, 1.165) is 59.5 Å². The van der Waals surface area contributed by atoms with Gasteiger partial charge in [-0.25, -0.2) is 9.97 Å². The van der Waals surface area contributed by atoms with Crippen molar-refractivity contribution in [2.45, 2.75) is 38.6 Å². The Bertz CT molecular complexity index is 1250. The lowest BCUT2D eigenvalue weighted by Crippen LogP contribution is -2.38. The highest BCUT2D eigenvalue weighted by Gasteiger charge is 2.27. The van der Waals surface area contributed by atoms with Gasteiger partial charge in [0.2, 0.25) is 0 Å². The molecule has 0 unspecified atom stereocenters. The summed E-state index contributed by atoms with van der Waals surface area (Å²) in [5, 5.41) is 4.34. The molecule has 1 saturated heterocycles. The molecule has 0 N–H and O–H groups in total. The van der Waals surface area contributed by atoms with Crippen LogP contribution >= 0.6 is 0 Å². The maximum atomic E-state index is 12.8. The second-order valence-electron chi connectivity index (χ2n) is 8.84. The van der Waals surface area contributed by atoms with Crippen molar-refractivity contribution in [1.29, 1.82) is 0 Å². The first kappa shape index (κ1) is 20.4. The van der Waals surface area contributed by atoms with E-state index in [1.54, 1.807) is 4.68 Å². The summed E-state index contributed by atoms with van der Waals surface area (Å²) in [6.07, 6.45) is 7.54. The molecule has 7 heteroatoms. The number of nitrogens with zero attached hydrogens (tertiary/aromatic N) is 6. The third kappa shape index (κ3) is 3.68. The highest BCUT2D eigenvalue weighted by Crippen LogP contribution is 2.34. The molecule has 1 amide bonds. The summed E-state index contributed by atoms with van der Waals surface area (Å²) in [5.74, 6) is 0.423. The number of imidazole rings is 1. The van der Waals surface area contributed by atoms with Gasteiger partial charge in [0.1, 0.15) is 11.2 Å². The lowest BCUT2D eigenvalue weighted by atomic mass is 9.92. The number of aromatic nitrogens is 5. The molecule has 1 fully saturated rings. The molecule has 3 aromatic heterocycles. The summed E-state index contributed by atoms with van der Waals surface area (Å²) >= 11 is 0. The second kappa shape index (κ2) is 8.22. The van der Waals surface area contributed by atoms with Crippen LogP contribution in [0.2, 0.25) is 0 Å². The van der Waals surface area contributed by atoms with Crippen molar-refractivity contribution in [3.8, 4) is 11.3 Å². The van der Waals surface area contributed by atoms with Crippen LogP contribution in [0.4, 0.5) is 0 Å². The van der Waals surface area contributed by atoms with Gasteiger partial charge in [-0.2, -0.15) is 5.10 Å². The zero-order chi connectivity index (χ0) is 22.2. The Morgan fingerprint density at radius 3 is 2.53 bits per heavy atom. The van der Waals surface area contributed by atoms with Crippen molar-refractivity contribution in [3.05, 3.63) is 66.4 Å². The van der Waals surface area contributed by atoms with Crippen LogP contribution in [-0.4, -0.2) is 48.2 Å². The summed E-state index contributed by atoms with van der Waals surface area (Å²) in [5.41, 5.74) is 5.70. The van der Waals surface area contributed by atoms with Crippen LogP contribution in [0.5, 0.6) is 0 Å². The minimum absolute atomic E-state index is 0.112. The van der Waals surface area contributed by atoms with Crippen molar-refractivity contribution in [1.82, 2.24) is 29.2 Å². The Balaban J connectivity index is 1.45. The number of hydrogen-bond donors (Lipinski definition) is 0. The zero-order valence-corrected chi connectivity index (χ0v) is 18.8. The molecule has 0 spiro atoms. The fourth-order valence-electron chi connectivity index (χ4n) is 4.56. The molecule has 32 heavy (non-hydrogen) atoms. The largest absolute Gasteiger partial charge is 0.339 e. The van der Waals surface area contributed by atoms with Crippen molar-refractivity contribution in [2.75, 3.05) is 13.1 Å². The number of benzene rings is 1. The molecular formula is C25H28N6O. The Hall–Kier alpha value is -3.48. The topological polar surface area (TPSA) is 68.8 Å². The van der Waals surface area contributed by atoms with Crippen molar-refractivity contribution in [2.24, 2.45) is 7.05 Å². The molecule has 0 atom stereocenters. The van der Waals surface area contributed by atoms with E-state index in [-0.39, 0.29) is 5.91 Å². The van der Waals surface area contributed by atoms with Crippen molar-refractivity contribution >= 4 is 16.9 Å². The van der Waals surface area contributed by atoms with E-state index in [1.807, 2.05) is 61.0 Å². The Labute approximate surface area is 187 Å². The number of rotatable bonds is 4. The van der Waals surface area contributed by atoms with Crippen LogP contribution in [0.3, 0.4) is 0 Å². The van der Waals surface area contributed by atoms with Crippen LogP contribution in [0.25, 0.3) is 22.3 Å². The van der Waals surface area contributed by atoms with E-state index in [1.165, 1.54) is 0 Å². The van der Waals surface area contributed by atoms with E-state index in [0.29, 0.717) is 12.0 Å². The molecule has 0 saturated carbocycles. The molecule has 4 heterocycles. The van der Waals surface area contributed by atoms with E-state index in [2.05, 4.69) is 29.6 Å². The quantitative estimate of drug-likeness (QED) is 0.482. The molecule has 1 aliphatic heterocycles. The molecule has 0 bridgehead atoms. The molecule has 0 radical (unpaired) electrons. The first-order chi connectivity index (χ1) is 15.5. The second-order valence-corrected chi connectivity index (χ2v) is 8.84. The van der Waals surface area contributed by atoms with Crippen molar-refractivity contribution < 1.29 is 4.79 Å². The molecule has 1 aliphatic rings. The summed E-state index contributed by atoms with van der Waals surface area (Å²) in [7, 11) is 1.91. The van der Waals surface area contributed by atoms with E-state index in [9.17, 15) is 4.79 Å². The van der Waals surface area contributed by atoms with Crippen LogP contribution in [-0.2, 0) is 7.05 Å². The van der Waals surface area contributed by atoms with Gasteiger partial charge in [0.15, 0.2) is 0 Å². The normalized spacial score (nSPS) is 15.1. The average molecular weight is 429 g/mol. The molecule has 1 aromatic carbocycles. The van der Waals surface area contributed by atoms with E-state index in [4.69, 9.17) is 9.97 Å². The van der Waals surface area contributed by atoms with Gasteiger partial charge in [-0.3, -0.25) is 9.48 Å². The van der Waals surface area contributed by atoms with Gasteiger partial charge < -0.3 is 9.47 Å².